The van der Waals surface area contributed by atoms with Gasteiger partial charge in [0.15, 0.2) is 6.61 Å². The SMILES string of the molecule is COc1cccc(/C=C/C(=O)OCC(=O)Nc2ccc(N3CCOCC3)cc2)c1. The molecule has 2 aromatic carbocycles. The molecule has 0 saturated carbocycles. The van der Waals surface area contributed by atoms with E-state index in [-0.39, 0.29) is 6.61 Å². The van der Waals surface area contributed by atoms with Crippen molar-refractivity contribution in [2.24, 2.45) is 0 Å². The van der Waals surface area contributed by atoms with Crippen LogP contribution in [0, 0.1) is 0 Å². The molecule has 1 aliphatic heterocycles. The van der Waals surface area contributed by atoms with Crippen LogP contribution in [0.5, 0.6) is 5.75 Å². The molecule has 0 aliphatic carbocycles. The average molecular weight is 396 g/mol. The van der Waals surface area contributed by atoms with E-state index in [0.29, 0.717) is 11.4 Å². The number of carbonyl (C=O) groups excluding carboxylic acids is 2. The van der Waals surface area contributed by atoms with Crippen molar-refractivity contribution in [2.45, 2.75) is 0 Å². The Morgan fingerprint density at radius 1 is 1.14 bits per heavy atom. The maximum Gasteiger partial charge on any atom is 0.331 e. The molecular weight excluding hydrogens is 372 g/mol. The maximum absolute atomic E-state index is 12.0. The molecule has 1 fully saturated rings. The Kier molecular flexibility index (Phi) is 7.24. The molecule has 7 nitrogen and oxygen atoms in total. The molecule has 0 spiro atoms. The van der Waals surface area contributed by atoms with Crippen molar-refractivity contribution in [3.05, 3.63) is 60.2 Å². The van der Waals surface area contributed by atoms with Crippen LogP contribution in [-0.4, -0.2) is 51.9 Å². The molecule has 2 aromatic rings. The lowest BCUT2D eigenvalue weighted by Crippen LogP contribution is -2.36. The van der Waals surface area contributed by atoms with Crippen molar-refractivity contribution in [1.82, 2.24) is 0 Å². The van der Waals surface area contributed by atoms with Crippen LogP contribution < -0.4 is 15.0 Å². The van der Waals surface area contributed by atoms with Crippen LogP contribution in [0.4, 0.5) is 11.4 Å². The van der Waals surface area contributed by atoms with Crippen LogP contribution in [-0.2, 0) is 19.1 Å². The van der Waals surface area contributed by atoms with Gasteiger partial charge in [0.2, 0.25) is 0 Å². The van der Waals surface area contributed by atoms with Gasteiger partial charge in [-0.15, -0.1) is 0 Å². The van der Waals surface area contributed by atoms with E-state index in [0.717, 1.165) is 37.6 Å². The summed E-state index contributed by atoms with van der Waals surface area (Å²) >= 11 is 0. The number of esters is 1. The molecule has 1 amide bonds. The molecule has 1 N–H and O–H groups in total. The fourth-order valence-corrected chi connectivity index (χ4v) is 2.87. The minimum Gasteiger partial charge on any atom is -0.497 e. The fourth-order valence-electron chi connectivity index (χ4n) is 2.87. The van der Waals surface area contributed by atoms with E-state index in [4.69, 9.17) is 14.2 Å². The van der Waals surface area contributed by atoms with Crippen LogP contribution >= 0.6 is 0 Å². The lowest BCUT2D eigenvalue weighted by molar-refractivity contribution is -0.142. The third-order valence-electron chi connectivity index (χ3n) is 4.38. The molecule has 1 saturated heterocycles. The van der Waals surface area contributed by atoms with Crippen molar-refractivity contribution in [1.29, 1.82) is 0 Å². The van der Waals surface area contributed by atoms with Gasteiger partial charge in [0, 0.05) is 30.5 Å². The second-order valence-electron chi connectivity index (χ2n) is 6.41. The van der Waals surface area contributed by atoms with Crippen molar-refractivity contribution in [2.75, 3.05) is 50.2 Å². The van der Waals surface area contributed by atoms with Gasteiger partial charge in [-0.05, 0) is 48.0 Å². The number of hydrogen-bond donors (Lipinski definition) is 1. The summed E-state index contributed by atoms with van der Waals surface area (Å²) in [4.78, 5) is 26.0. The third kappa shape index (κ3) is 6.36. The largest absolute Gasteiger partial charge is 0.497 e. The van der Waals surface area contributed by atoms with Gasteiger partial charge in [-0.2, -0.15) is 0 Å². The molecule has 0 radical (unpaired) electrons. The second-order valence-corrected chi connectivity index (χ2v) is 6.41. The number of methoxy groups -OCH3 is 1. The minimum atomic E-state index is -0.592. The predicted octanol–water partition coefficient (Wildman–Crippen LogP) is 2.73. The summed E-state index contributed by atoms with van der Waals surface area (Å²) in [5.74, 6) is -0.294. The molecule has 152 valence electrons. The molecule has 0 unspecified atom stereocenters. The molecule has 7 heteroatoms. The fraction of sp³-hybridized carbons (Fsp3) is 0.273. The number of hydrogen-bond acceptors (Lipinski definition) is 6. The second kappa shape index (κ2) is 10.3. The van der Waals surface area contributed by atoms with Gasteiger partial charge in [0.05, 0.1) is 20.3 Å². The normalized spacial score (nSPS) is 13.9. The Bertz CT molecular complexity index is 858. The number of benzene rings is 2. The Hall–Kier alpha value is -3.32. The average Bonchev–Trinajstić information content (AvgIpc) is 2.77. The zero-order valence-corrected chi connectivity index (χ0v) is 16.3. The Balaban J connectivity index is 1.44. The summed E-state index contributed by atoms with van der Waals surface area (Å²) in [7, 11) is 1.58. The number of ether oxygens (including phenoxy) is 3. The van der Waals surface area contributed by atoms with Gasteiger partial charge >= 0.3 is 5.97 Å². The van der Waals surface area contributed by atoms with Crippen LogP contribution in [0.3, 0.4) is 0 Å². The highest BCUT2D eigenvalue weighted by molar-refractivity contribution is 5.94. The van der Waals surface area contributed by atoms with E-state index in [9.17, 15) is 9.59 Å². The van der Waals surface area contributed by atoms with Crippen LogP contribution in [0.15, 0.2) is 54.6 Å². The van der Waals surface area contributed by atoms with Gasteiger partial charge in [-0.3, -0.25) is 4.79 Å². The van der Waals surface area contributed by atoms with E-state index >= 15 is 0 Å². The first-order valence-electron chi connectivity index (χ1n) is 9.35. The molecule has 1 heterocycles. The number of amides is 1. The number of morpholine rings is 1. The number of carbonyl (C=O) groups is 2. The topological polar surface area (TPSA) is 77.1 Å². The third-order valence-corrected chi connectivity index (χ3v) is 4.38. The Morgan fingerprint density at radius 3 is 2.62 bits per heavy atom. The first-order valence-corrected chi connectivity index (χ1v) is 9.35. The molecule has 0 bridgehead atoms. The highest BCUT2D eigenvalue weighted by Crippen LogP contribution is 2.19. The summed E-state index contributed by atoms with van der Waals surface area (Å²) in [5.41, 5.74) is 2.53. The zero-order valence-electron chi connectivity index (χ0n) is 16.3. The van der Waals surface area contributed by atoms with Crippen molar-refractivity contribution < 1.29 is 23.8 Å². The molecule has 29 heavy (non-hydrogen) atoms. The first kappa shape index (κ1) is 20.4. The van der Waals surface area contributed by atoms with Crippen LogP contribution in [0.2, 0.25) is 0 Å². The quantitative estimate of drug-likeness (QED) is 0.573. The van der Waals surface area contributed by atoms with E-state index in [1.807, 2.05) is 42.5 Å². The molecule has 0 aromatic heterocycles. The number of nitrogens with zero attached hydrogens (tertiary/aromatic N) is 1. The van der Waals surface area contributed by atoms with Crippen LogP contribution in [0.25, 0.3) is 6.08 Å². The molecular formula is C22H24N2O5. The lowest BCUT2D eigenvalue weighted by atomic mass is 10.2. The zero-order chi connectivity index (χ0) is 20.5. The maximum atomic E-state index is 12.0. The van der Waals surface area contributed by atoms with E-state index in [2.05, 4.69) is 10.2 Å². The Morgan fingerprint density at radius 2 is 1.90 bits per heavy atom. The smallest absolute Gasteiger partial charge is 0.331 e. The van der Waals surface area contributed by atoms with Crippen molar-refractivity contribution in [3.63, 3.8) is 0 Å². The summed E-state index contributed by atoms with van der Waals surface area (Å²) < 4.78 is 15.5. The Labute approximate surface area is 169 Å². The van der Waals surface area contributed by atoms with Gasteiger partial charge < -0.3 is 24.4 Å². The first-order chi connectivity index (χ1) is 14.1. The molecule has 1 aliphatic rings. The highest BCUT2D eigenvalue weighted by atomic mass is 16.5. The summed E-state index contributed by atoms with van der Waals surface area (Å²) in [6.07, 6.45) is 2.88. The van der Waals surface area contributed by atoms with Crippen molar-refractivity contribution >= 4 is 29.3 Å². The summed E-state index contributed by atoms with van der Waals surface area (Å²) in [6.45, 7) is 2.79. The van der Waals surface area contributed by atoms with Gasteiger partial charge in [-0.1, -0.05) is 12.1 Å². The van der Waals surface area contributed by atoms with Gasteiger partial charge in [0.1, 0.15) is 5.75 Å². The summed E-state index contributed by atoms with van der Waals surface area (Å²) in [6, 6.07) is 14.8. The van der Waals surface area contributed by atoms with E-state index < -0.39 is 11.9 Å². The van der Waals surface area contributed by atoms with Gasteiger partial charge in [-0.25, -0.2) is 4.79 Å². The molecule has 0 atom stereocenters. The predicted molar refractivity (Wildman–Crippen MR) is 111 cm³/mol. The summed E-state index contributed by atoms with van der Waals surface area (Å²) in [5, 5.41) is 2.72. The number of nitrogens with one attached hydrogen (secondary N) is 1. The highest BCUT2D eigenvalue weighted by Gasteiger charge is 2.11. The molecule has 3 rings (SSSR count). The van der Waals surface area contributed by atoms with Gasteiger partial charge in [0.25, 0.3) is 5.91 Å². The van der Waals surface area contributed by atoms with Crippen molar-refractivity contribution in [3.8, 4) is 5.75 Å². The van der Waals surface area contributed by atoms with E-state index in [1.54, 1.807) is 19.3 Å². The van der Waals surface area contributed by atoms with Crippen LogP contribution in [0.1, 0.15) is 5.56 Å². The van der Waals surface area contributed by atoms with E-state index in [1.165, 1.54) is 6.08 Å². The number of anilines is 2. The lowest BCUT2D eigenvalue weighted by Gasteiger charge is -2.28. The monoisotopic (exact) mass is 396 g/mol. The number of rotatable bonds is 7. The minimum absolute atomic E-state index is 0.355. The standard InChI is InChI=1S/C22H24N2O5/c1-27-20-4-2-3-17(15-20)5-10-22(26)29-16-21(25)23-18-6-8-19(9-7-18)24-11-13-28-14-12-24/h2-10,15H,11-14,16H2,1H3,(H,23,25)/b10-5+.